The molecule has 0 saturated carbocycles. The lowest BCUT2D eigenvalue weighted by Crippen LogP contribution is -2.09. The molecule has 0 fully saturated rings. The van der Waals surface area contributed by atoms with Gasteiger partial charge in [0.2, 0.25) is 5.91 Å². The third kappa shape index (κ3) is 1.52. The van der Waals surface area contributed by atoms with Crippen molar-refractivity contribution in [1.29, 1.82) is 0 Å². The molecule has 1 aromatic carbocycles. The Morgan fingerprint density at radius 1 is 1.14 bits per heavy atom. The first kappa shape index (κ1) is 8.56. The van der Waals surface area contributed by atoms with Gasteiger partial charge in [0.25, 0.3) is 0 Å². The van der Waals surface area contributed by atoms with E-state index in [9.17, 15) is 4.79 Å². The Morgan fingerprint density at radius 2 is 1.86 bits per heavy atom. The number of benzene rings is 1. The summed E-state index contributed by atoms with van der Waals surface area (Å²) in [5.74, 6) is -0.403. The number of amides is 1. The van der Waals surface area contributed by atoms with Crippen molar-refractivity contribution in [2.24, 2.45) is 5.73 Å². The van der Waals surface area contributed by atoms with Gasteiger partial charge in [-0.2, -0.15) is 0 Å². The summed E-state index contributed by atoms with van der Waals surface area (Å²) in [4.78, 5) is 10.9. The lowest BCUT2D eigenvalue weighted by Gasteiger charge is -2.00. The quantitative estimate of drug-likeness (QED) is 0.760. The van der Waals surface area contributed by atoms with Crippen molar-refractivity contribution < 1.29 is 4.79 Å². The van der Waals surface area contributed by atoms with E-state index < -0.39 is 5.91 Å². The number of hydrogen-bond acceptors (Lipinski definition) is 1. The van der Waals surface area contributed by atoms with Gasteiger partial charge in [-0.25, -0.2) is 0 Å². The highest BCUT2D eigenvalue weighted by atomic mass is 16.1. The van der Waals surface area contributed by atoms with Crippen LogP contribution in [-0.4, -0.2) is 10.5 Å². The van der Waals surface area contributed by atoms with Crippen LogP contribution in [0.1, 0.15) is 10.4 Å². The number of aromatic nitrogens is 1. The molecule has 1 aromatic heterocycles. The Labute approximate surface area is 81.8 Å². The molecule has 0 bridgehead atoms. The molecule has 0 radical (unpaired) electrons. The second kappa shape index (κ2) is 3.38. The number of primary amides is 1. The molecule has 0 saturated heterocycles. The maximum Gasteiger partial charge on any atom is 0.250 e. The first-order valence-corrected chi connectivity index (χ1v) is 4.30. The fourth-order valence-electron chi connectivity index (χ4n) is 1.30. The monoisotopic (exact) mass is 186 g/mol. The van der Waals surface area contributed by atoms with Crippen molar-refractivity contribution in [3.8, 4) is 5.69 Å². The summed E-state index contributed by atoms with van der Waals surface area (Å²) >= 11 is 0. The van der Waals surface area contributed by atoms with Crippen molar-refractivity contribution in [3.63, 3.8) is 0 Å². The van der Waals surface area contributed by atoms with Crippen LogP contribution in [0.2, 0.25) is 0 Å². The first-order chi connectivity index (χ1) is 6.77. The summed E-state index contributed by atoms with van der Waals surface area (Å²) in [6, 6.07) is 11.5. The zero-order valence-corrected chi connectivity index (χ0v) is 7.55. The van der Waals surface area contributed by atoms with Gasteiger partial charge in [0.15, 0.2) is 0 Å². The second-order valence-electron chi connectivity index (χ2n) is 3.01. The van der Waals surface area contributed by atoms with Crippen LogP contribution >= 0.6 is 0 Å². The smallest absolute Gasteiger partial charge is 0.250 e. The van der Waals surface area contributed by atoms with E-state index in [1.807, 2.05) is 41.1 Å². The van der Waals surface area contributed by atoms with Crippen molar-refractivity contribution >= 4 is 5.91 Å². The fraction of sp³-hybridized carbons (Fsp3) is 0. The molecule has 70 valence electrons. The van der Waals surface area contributed by atoms with E-state index >= 15 is 0 Å². The van der Waals surface area contributed by atoms with Crippen molar-refractivity contribution in [1.82, 2.24) is 4.57 Å². The third-order valence-electron chi connectivity index (χ3n) is 2.03. The molecule has 1 heterocycles. The van der Waals surface area contributed by atoms with Gasteiger partial charge in [-0.3, -0.25) is 4.79 Å². The molecular weight excluding hydrogens is 176 g/mol. The molecule has 2 N–H and O–H groups in total. The van der Waals surface area contributed by atoms with Crippen molar-refractivity contribution in [2.75, 3.05) is 0 Å². The van der Waals surface area contributed by atoms with Crippen LogP contribution in [0.15, 0.2) is 48.8 Å². The average Bonchev–Trinajstić information content (AvgIpc) is 2.68. The molecule has 0 atom stereocenters. The van der Waals surface area contributed by atoms with Gasteiger partial charge in [-0.05, 0) is 18.2 Å². The Kier molecular flexibility index (Phi) is 2.07. The summed E-state index contributed by atoms with van der Waals surface area (Å²) in [6.45, 7) is 0. The predicted octanol–water partition coefficient (Wildman–Crippen LogP) is 1.58. The van der Waals surface area contributed by atoms with Gasteiger partial charge < -0.3 is 10.3 Å². The zero-order chi connectivity index (χ0) is 9.97. The molecule has 1 amide bonds. The van der Waals surface area contributed by atoms with Gasteiger partial charge in [-0.15, -0.1) is 0 Å². The minimum Gasteiger partial charge on any atom is -0.366 e. The number of carbonyl (C=O) groups is 1. The molecular formula is C11H10N2O. The zero-order valence-electron chi connectivity index (χ0n) is 7.55. The minimum atomic E-state index is -0.403. The molecule has 0 aliphatic heterocycles. The maximum atomic E-state index is 10.9. The first-order valence-electron chi connectivity index (χ1n) is 4.30. The van der Waals surface area contributed by atoms with Crippen LogP contribution < -0.4 is 5.73 Å². The number of carbonyl (C=O) groups excluding carboxylic acids is 1. The van der Waals surface area contributed by atoms with E-state index in [1.54, 1.807) is 12.3 Å². The molecule has 0 aliphatic rings. The Hall–Kier alpha value is -2.03. The van der Waals surface area contributed by atoms with Gasteiger partial charge >= 0.3 is 0 Å². The maximum absolute atomic E-state index is 10.9. The van der Waals surface area contributed by atoms with Crippen LogP contribution in [0.3, 0.4) is 0 Å². The predicted molar refractivity (Wildman–Crippen MR) is 54.3 cm³/mol. The largest absolute Gasteiger partial charge is 0.366 e. The highest BCUT2D eigenvalue weighted by Crippen LogP contribution is 2.09. The molecule has 0 aliphatic carbocycles. The Morgan fingerprint density at radius 3 is 2.43 bits per heavy atom. The molecule has 14 heavy (non-hydrogen) atoms. The number of para-hydroxylation sites is 1. The van der Waals surface area contributed by atoms with Crippen molar-refractivity contribution in [3.05, 3.63) is 54.4 Å². The summed E-state index contributed by atoms with van der Waals surface area (Å²) in [7, 11) is 0. The van der Waals surface area contributed by atoms with E-state index in [2.05, 4.69) is 0 Å². The number of rotatable bonds is 2. The van der Waals surface area contributed by atoms with Gasteiger partial charge in [0, 0.05) is 18.1 Å². The SMILES string of the molecule is NC(=O)c1ccn(-c2ccccc2)c1. The van der Waals surface area contributed by atoms with Crippen LogP contribution in [0.4, 0.5) is 0 Å². The van der Waals surface area contributed by atoms with Gasteiger partial charge in [0.1, 0.15) is 0 Å². The lowest BCUT2D eigenvalue weighted by atomic mass is 10.3. The number of hydrogen-bond donors (Lipinski definition) is 1. The van der Waals surface area contributed by atoms with Crippen LogP contribution in [-0.2, 0) is 0 Å². The van der Waals surface area contributed by atoms with E-state index in [0.717, 1.165) is 5.69 Å². The fourth-order valence-corrected chi connectivity index (χ4v) is 1.30. The molecule has 0 unspecified atom stereocenters. The van der Waals surface area contributed by atoms with Crippen molar-refractivity contribution in [2.45, 2.75) is 0 Å². The normalized spacial score (nSPS) is 10.0. The van der Waals surface area contributed by atoms with Gasteiger partial charge in [-0.1, -0.05) is 18.2 Å². The van der Waals surface area contributed by atoms with Crippen LogP contribution in [0, 0.1) is 0 Å². The van der Waals surface area contributed by atoms with E-state index in [0.29, 0.717) is 5.56 Å². The minimum absolute atomic E-state index is 0.403. The molecule has 3 heteroatoms. The molecule has 0 spiro atoms. The molecule has 3 nitrogen and oxygen atoms in total. The topological polar surface area (TPSA) is 48.0 Å². The molecule has 2 aromatic rings. The highest BCUT2D eigenvalue weighted by molar-refractivity contribution is 5.92. The van der Waals surface area contributed by atoms with E-state index in [1.165, 1.54) is 0 Å². The van der Waals surface area contributed by atoms with E-state index in [-0.39, 0.29) is 0 Å². The standard InChI is InChI=1S/C11H10N2O/c12-11(14)9-6-7-13(8-9)10-4-2-1-3-5-10/h1-8H,(H2,12,14). The Bertz CT molecular complexity index is 445. The number of nitrogens with two attached hydrogens (primary N) is 1. The van der Waals surface area contributed by atoms with Gasteiger partial charge in [0.05, 0.1) is 5.56 Å². The summed E-state index contributed by atoms with van der Waals surface area (Å²) in [5, 5.41) is 0. The van der Waals surface area contributed by atoms with E-state index in [4.69, 9.17) is 5.73 Å². The third-order valence-corrected chi connectivity index (χ3v) is 2.03. The lowest BCUT2D eigenvalue weighted by molar-refractivity contribution is 0.100. The summed E-state index contributed by atoms with van der Waals surface area (Å²) in [5.41, 5.74) is 6.69. The summed E-state index contributed by atoms with van der Waals surface area (Å²) in [6.07, 6.45) is 3.53. The van der Waals surface area contributed by atoms with Crippen LogP contribution in [0.25, 0.3) is 5.69 Å². The second-order valence-corrected chi connectivity index (χ2v) is 3.01. The highest BCUT2D eigenvalue weighted by Gasteiger charge is 2.02. The van der Waals surface area contributed by atoms with Crippen LogP contribution in [0.5, 0.6) is 0 Å². The average molecular weight is 186 g/mol. The number of nitrogens with zero attached hydrogens (tertiary/aromatic N) is 1. The Balaban J connectivity index is 2.39. The molecule has 2 rings (SSSR count). The summed E-state index contributed by atoms with van der Waals surface area (Å²) < 4.78 is 1.86.